The maximum absolute atomic E-state index is 13.0. The van der Waals surface area contributed by atoms with Crippen molar-refractivity contribution in [3.8, 4) is 0 Å². The van der Waals surface area contributed by atoms with Crippen molar-refractivity contribution in [3.05, 3.63) is 18.0 Å². The molecule has 1 aliphatic rings. The van der Waals surface area contributed by atoms with E-state index in [1.54, 1.807) is 24.7 Å². The molecule has 0 radical (unpaired) electrons. The monoisotopic (exact) mass is 332 g/mol. The van der Waals surface area contributed by atoms with Crippen LogP contribution in [0.3, 0.4) is 0 Å². The molecular weight excluding hydrogens is 309 g/mol. The molecule has 0 aromatic carbocycles. The molecule has 0 saturated carbocycles. The Hall–Kier alpha value is -1.73. The number of likely N-dealkylation sites (tertiary alicyclic amines) is 1. The highest BCUT2D eigenvalue weighted by atomic mass is 19.4. The molecular formula is C15H23F3N4O. The van der Waals surface area contributed by atoms with E-state index < -0.39 is 17.5 Å². The molecule has 2 rings (SSSR count). The molecule has 1 fully saturated rings. The molecule has 1 unspecified atom stereocenters. The molecule has 0 spiro atoms. The van der Waals surface area contributed by atoms with E-state index in [2.05, 4.69) is 10.4 Å². The van der Waals surface area contributed by atoms with Gasteiger partial charge in [-0.2, -0.15) is 18.3 Å². The van der Waals surface area contributed by atoms with Gasteiger partial charge in [0.1, 0.15) is 0 Å². The van der Waals surface area contributed by atoms with Crippen LogP contribution in [0.4, 0.5) is 18.0 Å². The van der Waals surface area contributed by atoms with Crippen LogP contribution in [0.15, 0.2) is 12.3 Å². The predicted molar refractivity (Wildman–Crippen MR) is 79.8 cm³/mol. The second-order valence-corrected chi connectivity index (χ2v) is 6.72. The summed E-state index contributed by atoms with van der Waals surface area (Å²) in [6.45, 7) is 3.80. The van der Waals surface area contributed by atoms with Gasteiger partial charge in [0.25, 0.3) is 0 Å². The highest BCUT2D eigenvalue weighted by molar-refractivity contribution is 5.74. The van der Waals surface area contributed by atoms with Gasteiger partial charge in [0.2, 0.25) is 0 Å². The van der Waals surface area contributed by atoms with Crippen molar-refractivity contribution in [3.63, 3.8) is 0 Å². The Morgan fingerprint density at radius 3 is 2.70 bits per heavy atom. The maximum Gasteiger partial charge on any atom is 0.392 e. The number of amides is 2. The summed E-state index contributed by atoms with van der Waals surface area (Å²) >= 11 is 0. The van der Waals surface area contributed by atoms with E-state index in [9.17, 15) is 18.0 Å². The van der Waals surface area contributed by atoms with Crippen LogP contribution in [0.5, 0.6) is 0 Å². The Balaban J connectivity index is 1.86. The molecule has 1 atom stereocenters. The second kappa shape index (κ2) is 6.41. The predicted octanol–water partition coefficient (Wildman–Crippen LogP) is 2.58. The average Bonchev–Trinajstić information content (AvgIpc) is 2.81. The molecule has 1 aliphatic heterocycles. The van der Waals surface area contributed by atoms with Crippen molar-refractivity contribution in [1.82, 2.24) is 20.0 Å². The lowest BCUT2D eigenvalue weighted by atomic mass is 9.73. The molecule has 130 valence electrons. The van der Waals surface area contributed by atoms with E-state index in [1.807, 2.05) is 13.1 Å². The van der Waals surface area contributed by atoms with Crippen LogP contribution in [0.2, 0.25) is 0 Å². The minimum Gasteiger partial charge on any atom is -0.338 e. The van der Waals surface area contributed by atoms with Crippen LogP contribution in [0.1, 0.15) is 26.0 Å². The minimum atomic E-state index is -4.22. The smallest absolute Gasteiger partial charge is 0.338 e. The van der Waals surface area contributed by atoms with Gasteiger partial charge in [-0.15, -0.1) is 0 Å². The summed E-state index contributed by atoms with van der Waals surface area (Å²) in [5.74, 6) is -1.37. The molecule has 1 saturated heterocycles. The van der Waals surface area contributed by atoms with Gasteiger partial charge in [0, 0.05) is 45.0 Å². The van der Waals surface area contributed by atoms with Gasteiger partial charge in [-0.1, -0.05) is 13.8 Å². The summed E-state index contributed by atoms with van der Waals surface area (Å²) in [5, 5.41) is 6.82. The zero-order chi connectivity index (χ0) is 17.3. The molecule has 2 heterocycles. The first-order valence-electron chi connectivity index (χ1n) is 7.67. The number of hydrogen-bond acceptors (Lipinski definition) is 2. The van der Waals surface area contributed by atoms with Gasteiger partial charge in [0.15, 0.2) is 0 Å². The zero-order valence-electron chi connectivity index (χ0n) is 13.7. The lowest BCUT2D eigenvalue weighted by Crippen LogP contribution is -2.54. The Bertz CT molecular complexity index is 553. The molecule has 1 N–H and O–H groups in total. The third-order valence-electron chi connectivity index (χ3n) is 4.49. The fourth-order valence-electron chi connectivity index (χ4n) is 3.19. The van der Waals surface area contributed by atoms with E-state index in [1.165, 1.54) is 4.90 Å². The van der Waals surface area contributed by atoms with Crippen molar-refractivity contribution in [2.45, 2.75) is 32.9 Å². The summed E-state index contributed by atoms with van der Waals surface area (Å²) in [7, 11) is 1.82. The minimum absolute atomic E-state index is 0.0499. The number of aryl methyl sites for hydroxylation is 1. The Labute approximate surface area is 133 Å². The molecule has 23 heavy (non-hydrogen) atoms. The quantitative estimate of drug-likeness (QED) is 0.925. The number of urea groups is 1. The summed E-state index contributed by atoms with van der Waals surface area (Å²) in [5.41, 5.74) is 0.0111. The van der Waals surface area contributed by atoms with Gasteiger partial charge >= 0.3 is 12.2 Å². The van der Waals surface area contributed by atoms with Crippen molar-refractivity contribution in [2.75, 3.05) is 19.6 Å². The number of piperidine rings is 1. The van der Waals surface area contributed by atoms with Crippen LogP contribution in [-0.4, -0.2) is 46.5 Å². The lowest BCUT2D eigenvalue weighted by molar-refractivity contribution is -0.214. The van der Waals surface area contributed by atoms with Crippen molar-refractivity contribution in [1.29, 1.82) is 0 Å². The van der Waals surface area contributed by atoms with Crippen LogP contribution in [0.25, 0.3) is 0 Å². The highest BCUT2D eigenvalue weighted by Crippen LogP contribution is 2.44. The third kappa shape index (κ3) is 4.17. The lowest BCUT2D eigenvalue weighted by Gasteiger charge is -2.44. The molecule has 8 heteroatoms. The molecule has 0 bridgehead atoms. The Morgan fingerprint density at radius 2 is 2.17 bits per heavy atom. The molecule has 5 nitrogen and oxygen atoms in total. The van der Waals surface area contributed by atoms with Crippen LogP contribution >= 0.6 is 0 Å². The van der Waals surface area contributed by atoms with Crippen LogP contribution < -0.4 is 5.32 Å². The first-order valence-corrected chi connectivity index (χ1v) is 7.67. The summed E-state index contributed by atoms with van der Waals surface area (Å²) < 4.78 is 40.8. The van der Waals surface area contributed by atoms with Gasteiger partial charge in [-0.05, 0) is 17.9 Å². The number of rotatable bonds is 3. The first-order chi connectivity index (χ1) is 10.6. The molecule has 1 aromatic heterocycles. The normalized spacial score (nSPS) is 21.3. The van der Waals surface area contributed by atoms with E-state index in [4.69, 9.17) is 0 Å². The van der Waals surface area contributed by atoms with Crippen LogP contribution in [-0.2, 0) is 13.5 Å². The zero-order valence-corrected chi connectivity index (χ0v) is 13.7. The number of nitrogens with one attached hydrogen (secondary N) is 1. The SMILES string of the molecule is Cn1nccc1CCNC(=O)N1CCC(C(F)(F)F)C(C)(C)C1. The summed E-state index contributed by atoms with van der Waals surface area (Å²) in [6, 6.07) is 1.56. The van der Waals surface area contributed by atoms with E-state index in [0.29, 0.717) is 13.0 Å². The van der Waals surface area contributed by atoms with Gasteiger partial charge < -0.3 is 10.2 Å². The largest absolute Gasteiger partial charge is 0.392 e. The van der Waals surface area contributed by atoms with E-state index in [0.717, 1.165) is 5.69 Å². The highest BCUT2D eigenvalue weighted by Gasteiger charge is 2.51. The number of halogens is 3. The van der Waals surface area contributed by atoms with Gasteiger partial charge in [-0.3, -0.25) is 4.68 Å². The van der Waals surface area contributed by atoms with Crippen molar-refractivity contribution in [2.24, 2.45) is 18.4 Å². The first kappa shape index (κ1) is 17.6. The van der Waals surface area contributed by atoms with Crippen molar-refractivity contribution >= 4 is 6.03 Å². The topological polar surface area (TPSA) is 50.2 Å². The fourth-order valence-corrected chi connectivity index (χ4v) is 3.19. The summed E-state index contributed by atoms with van der Waals surface area (Å²) in [4.78, 5) is 13.6. The van der Waals surface area contributed by atoms with Crippen molar-refractivity contribution < 1.29 is 18.0 Å². The number of alkyl halides is 3. The standard InChI is InChI=1S/C15H23F3N4O/c1-14(2)10-22(9-6-12(14)15(16,17)18)13(23)19-7-4-11-5-8-20-21(11)3/h5,8,12H,4,6-7,9-10H2,1-3H3,(H,19,23). The molecule has 2 amide bonds. The van der Waals surface area contributed by atoms with Gasteiger partial charge in [0.05, 0.1) is 5.92 Å². The van der Waals surface area contributed by atoms with Gasteiger partial charge in [-0.25, -0.2) is 4.79 Å². The van der Waals surface area contributed by atoms with E-state index in [-0.39, 0.29) is 25.5 Å². The number of carbonyl (C=O) groups is 1. The molecule has 1 aromatic rings. The number of nitrogens with zero attached hydrogens (tertiary/aromatic N) is 3. The number of hydrogen-bond donors (Lipinski definition) is 1. The van der Waals surface area contributed by atoms with Crippen LogP contribution in [0, 0.1) is 11.3 Å². The molecule has 0 aliphatic carbocycles. The Morgan fingerprint density at radius 1 is 1.48 bits per heavy atom. The fraction of sp³-hybridized carbons (Fsp3) is 0.733. The second-order valence-electron chi connectivity index (χ2n) is 6.72. The number of carbonyl (C=O) groups excluding carboxylic acids is 1. The Kier molecular flexibility index (Phi) is 4.91. The van der Waals surface area contributed by atoms with E-state index >= 15 is 0 Å². The average molecular weight is 332 g/mol. The summed E-state index contributed by atoms with van der Waals surface area (Å²) in [6.07, 6.45) is -1.95. The maximum atomic E-state index is 13.0. The number of aromatic nitrogens is 2. The third-order valence-corrected chi connectivity index (χ3v) is 4.49.